The van der Waals surface area contributed by atoms with Crippen LogP contribution in [0.3, 0.4) is 0 Å². The summed E-state index contributed by atoms with van der Waals surface area (Å²) < 4.78 is 10.5. The van der Waals surface area contributed by atoms with Crippen LogP contribution in [-0.4, -0.2) is 0 Å². The first kappa shape index (κ1) is 6.72. The summed E-state index contributed by atoms with van der Waals surface area (Å²) in [5, 5.41) is 0. The zero-order chi connectivity index (χ0) is 6.53. The minimum absolute atomic E-state index is 0.903. The van der Waals surface area contributed by atoms with Crippen LogP contribution in [0.15, 0.2) is 30.3 Å². The van der Waals surface area contributed by atoms with E-state index in [9.17, 15) is 0 Å². The molecule has 1 aromatic rings. The topological polar surface area (TPSA) is 35.2 Å². The molecule has 0 radical (unpaired) electrons. The molecule has 0 unspecified atom stereocenters. The van der Waals surface area contributed by atoms with Crippen LogP contribution in [0.25, 0.3) is 0 Å². The van der Waals surface area contributed by atoms with Gasteiger partial charge in [0.25, 0.3) is 0 Å². The van der Waals surface area contributed by atoms with Gasteiger partial charge in [-0.15, -0.1) is 0 Å². The van der Waals surface area contributed by atoms with E-state index in [0.29, 0.717) is 0 Å². The molecule has 0 aliphatic carbocycles. The maximum absolute atomic E-state index is 5.33. The van der Waals surface area contributed by atoms with E-state index in [1.54, 1.807) is 0 Å². The van der Waals surface area contributed by atoms with Crippen LogP contribution in [0.1, 0.15) is 0 Å². The predicted octanol–water partition coefficient (Wildman–Crippen LogP) is 0.937. The molecule has 0 aliphatic rings. The second kappa shape index (κ2) is 3.59. The Morgan fingerprint density at radius 3 is 2.44 bits per heavy atom. The summed E-state index contributed by atoms with van der Waals surface area (Å²) in [5.41, 5.74) is 0. The number of para-hydroxylation sites is 1. The minimum atomic E-state index is -1.14. The Bertz CT molecular complexity index is 166. The summed E-state index contributed by atoms with van der Waals surface area (Å²) in [6.07, 6.45) is 0. The SMILES string of the molecule is [NH2][Zn][O]c1ccccc1. The third-order valence-electron chi connectivity index (χ3n) is 0.993. The van der Waals surface area contributed by atoms with Crippen LogP contribution in [0, 0.1) is 0 Å². The zero-order valence-electron chi connectivity index (χ0n) is 5.08. The van der Waals surface area contributed by atoms with Crippen molar-refractivity contribution in [2.75, 3.05) is 0 Å². The summed E-state index contributed by atoms with van der Waals surface area (Å²) in [4.78, 5) is 0. The normalized spacial score (nSPS) is 8.11. The quantitative estimate of drug-likeness (QED) is 0.678. The average molecular weight is 175 g/mol. The maximum atomic E-state index is 5.33. The molecule has 0 aromatic heterocycles. The standard InChI is InChI=1S/C6H6O.H2N.Zn/c7-6-4-2-1-3-5-6;;/h1-5,7H;1H2;/q;-1;+2/p-1. The van der Waals surface area contributed by atoms with Crippen molar-refractivity contribution >= 4 is 0 Å². The molecule has 0 bridgehead atoms. The fourth-order valence-electron chi connectivity index (χ4n) is 0.613. The van der Waals surface area contributed by atoms with Gasteiger partial charge in [-0.1, -0.05) is 0 Å². The van der Waals surface area contributed by atoms with Crippen LogP contribution < -0.4 is 8.04 Å². The van der Waals surface area contributed by atoms with E-state index in [0.717, 1.165) is 5.75 Å². The third kappa shape index (κ3) is 2.12. The van der Waals surface area contributed by atoms with Crippen molar-refractivity contribution in [2.24, 2.45) is 4.48 Å². The van der Waals surface area contributed by atoms with E-state index in [1.165, 1.54) is 0 Å². The molecule has 0 fully saturated rings. The van der Waals surface area contributed by atoms with Gasteiger partial charge in [-0.2, -0.15) is 0 Å². The Kier molecular flexibility index (Phi) is 2.68. The van der Waals surface area contributed by atoms with E-state index >= 15 is 0 Å². The van der Waals surface area contributed by atoms with Gasteiger partial charge >= 0.3 is 61.8 Å². The van der Waals surface area contributed by atoms with Crippen LogP contribution in [-0.2, 0) is 17.7 Å². The summed E-state index contributed by atoms with van der Waals surface area (Å²) in [6, 6.07) is 9.66. The van der Waals surface area contributed by atoms with Crippen molar-refractivity contribution in [3.8, 4) is 5.75 Å². The monoisotopic (exact) mass is 173 g/mol. The van der Waals surface area contributed by atoms with Crippen LogP contribution in [0.5, 0.6) is 5.75 Å². The van der Waals surface area contributed by atoms with Crippen molar-refractivity contribution in [2.45, 2.75) is 0 Å². The van der Waals surface area contributed by atoms with Crippen molar-refractivity contribution in [1.29, 1.82) is 0 Å². The summed E-state index contributed by atoms with van der Waals surface area (Å²) in [7, 11) is 0. The average Bonchev–Trinajstić information content (AvgIpc) is 1.91. The van der Waals surface area contributed by atoms with Crippen molar-refractivity contribution in [1.82, 2.24) is 0 Å². The molecule has 0 saturated carbocycles. The fraction of sp³-hybridized carbons (Fsp3) is 0. The first-order chi connectivity index (χ1) is 4.43. The molecule has 3 heteroatoms. The third-order valence-corrected chi connectivity index (χ3v) is 2.04. The molecule has 1 aromatic carbocycles. The first-order valence-electron chi connectivity index (χ1n) is 2.81. The molecule has 0 saturated heterocycles. The van der Waals surface area contributed by atoms with Crippen molar-refractivity contribution in [3.05, 3.63) is 30.3 Å². The molecule has 0 spiro atoms. The molecule has 2 nitrogen and oxygen atoms in total. The molecule has 0 amide bonds. The number of hydrogen-bond acceptors (Lipinski definition) is 2. The molecular weight excluding hydrogens is 167 g/mol. The van der Waals surface area contributed by atoms with Crippen LogP contribution >= 0.6 is 0 Å². The summed E-state index contributed by atoms with van der Waals surface area (Å²) in [5.74, 6) is 0.903. The van der Waals surface area contributed by atoms with Gasteiger partial charge in [-0.3, -0.25) is 0 Å². The van der Waals surface area contributed by atoms with Gasteiger partial charge in [0.1, 0.15) is 0 Å². The van der Waals surface area contributed by atoms with E-state index in [-0.39, 0.29) is 0 Å². The van der Waals surface area contributed by atoms with E-state index in [2.05, 4.69) is 0 Å². The number of benzene rings is 1. The Hall–Kier alpha value is -0.397. The Balaban J connectivity index is 2.61. The Labute approximate surface area is 62.3 Å². The Morgan fingerprint density at radius 1 is 1.22 bits per heavy atom. The molecule has 2 N–H and O–H groups in total. The van der Waals surface area contributed by atoms with E-state index in [1.807, 2.05) is 30.3 Å². The number of hydrogen-bond donors (Lipinski definition) is 1. The summed E-state index contributed by atoms with van der Waals surface area (Å²) >= 11 is -1.14. The second-order valence-electron chi connectivity index (χ2n) is 1.62. The van der Waals surface area contributed by atoms with Crippen molar-refractivity contribution in [3.63, 3.8) is 0 Å². The summed E-state index contributed by atoms with van der Waals surface area (Å²) in [6.45, 7) is 0. The van der Waals surface area contributed by atoms with Gasteiger partial charge in [-0.05, 0) is 0 Å². The van der Waals surface area contributed by atoms with Gasteiger partial charge in [0.05, 0.1) is 0 Å². The van der Waals surface area contributed by atoms with Crippen LogP contribution in [0.4, 0.5) is 0 Å². The van der Waals surface area contributed by atoms with Gasteiger partial charge in [-0.25, -0.2) is 0 Å². The van der Waals surface area contributed by atoms with Gasteiger partial charge < -0.3 is 0 Å². The van der Waals surface area contributed by atoms with E-state index in [4.69, 9.17) is 8.04 Å². The fourth-order valence-corrected chi connectivity index (χ4v) is 1.42. The number of rotatable bonds is 2. The van der Waals surface area contributed by atoms with Gasteiger partial charge in [0.2, 0.25) is 0 Å². The predicted molar refractivity (Wildman–Crippen MR) is 31.3 cm³/mol. The molecule has 0 heterocycles. The zero-order valence-corrected chi connectivity index (χ0v) is 8.05. The Morgan fingerprint density at radius 2 is 1.89 bits per heavy atom. The molecule has 44 valence electrons. The van der Waals surface area contributed by atoms with Crippen molar-refractivity contribution < 1.29 is 21.3 Å². The van der Waals surface area contributed by atoms with Crippen LogP contribution in [0.2, 0.25) is 0 Å². The molecule has 1 rings (SSSR count). The molecular formula is C6H7NOZn. The molecule has 9 heavy (non-hydrogen) atoms. The number of nitrogens with two attached hydrogens (primary N) is 1. The molecule has 0 aliphatic heterocycles. The second-order valence-corrected chi connectivity index (χ2v) is 2.93. The molecule has 0 atom stereocenters. The van der Waals surface area contributed by atoms with E-state index < -0.39 is 17.7 Å². The first-order valence-corrected chi connectivity index (χ1v) is 5.74. The van der Waals surface area contributed by atoms with Gasteiger partial charge in [0, 0.05) is 0 Å². The van der Waals surface area contributed by atoms with Gasteiger partial charge in [0.15, 0.2) is 0 Å².